The minimum absolute atomic E-state index is 0.133. The molecule has 8 heteroatoms. The summed E-state index contributed by atoms with van der Waals surface area (Å²) in [6.07, 6.45) is 0. The molecule has 0 radical (unpaired) electrons. The van der Waals surface area contributed by atoms with E-state index in [4.69, 9.17) is 0 Å². The molecule has 1 amide bonds. The van der Waals surface area contributed by atoms with Crippen molar-refractivity contribution in [1.82, 2.24) is 9.36 Å². The lowest BCUT2D eigenvalue weighted by atomic mass is 10.2. The van der Waals surface area contributed by atoms with E-state index in [1.807, 2.05) is 18.2 Å². The third kappa shape index (κ3) is 3.66. The zero-order valence-corrected chi connectivity index (χ0v) is 15.7. The smallest absolute Gasteiger partial charge is 0.295 e. The lowest BCUT2D eigenvalue weighted by Gasteiger charge is -2.14. The number of nitrogens with zero attached hydrogens (tertiary/aromatic N) is 2. The Labute approximate surface area is 160 Å². The summed E-state index contributed by atoms with van der Waals surface area (Å²) in [7, 11) is 1.74. The summed E-state index contributed by atoms with van der Waals surface area (Å²) in [5.74, 6) is -2.16. The van der Waals surface area contributed by atoms with Crippen molar-refractivity contribution in [3.8, 4) is 5.69 Å². The minimum Gasteiger partial charge on any atom is -0.368 e. The van der Waals surface area contributed by atoms with Crippen LogP contribution in [0.1, 0.15) is 12.6 Å². The predicted molar refractivity (Wildman–Crippen MR) is 104 cm³/mol. The van der Waals surface area contributed by atoms with Gasteiger partial charge in [0.2, 0.25) is 5.91 Å². The quantitative estimate of drug-likeness (QED) is 0.708. The highest BCUT2D eigenvalue weighted by molar-refractivity contribution is 5.96. The SMILES string of the molecule is Cc1c(NC(C)C(=O)Nc2ccc(F)cc2F)c(=O)n(-c2ccccc2)n1C. The summed E-state index contributed by atoms with van der Waals surface area (Å²) in [5, 5.41) is 5.29. The summed E-state index contributed by atoms with van der Waals surface area (Å²) in [6.45, 7) is 3.31. The molecule has 0 aliphatic heterocycles. The van der Waals surface area contributed by atoms with Crippen molar-refractivity contribution in [3.05, 3.63) is 76.2 Å². The normalized spacial score (nSPS) is 11.9. The molecular formula is C20H20F2N4O2. The van der Waals surface area contributed by atoms with Gasteiger partial charge in [0.1, 0.15) is 23.4 Å². The molecule has 0 aliphatic rings. The first-order valence-corrected chi connectivity index (χ1v) is 8.66. The van der Waals surface area contributed by atoms with Crippen LogP contribution in [0.5, 0.6) is 0 Å². The van der Waals surface area contributed by atoms with Crippen LogP contribution in [0.25, 0.3) is 5.69 Å². The second kappa shape index (κ2) is 7.67. The van der Waals surface area contributed by atoms with Gasteiger partial charge in [0.05, 0.1) is 17.1 Å². The lowest BCUT2D eigenvalue weighted by molar-refractivity contribution is -0.116. The third-order valence-electron chi connectivity index (χ3n) is 4.50. The van der Waals surface area contributed by atoms with E-state index in [0.29, 0.717) is 17.4 Å². The van der Waals surface area contributed by atoms with E-state index in [2.05, 4.69) is 10.6 Å². The number of amides is 1. The van der Waals surface area contributed by atoms with Crippen LogP contribution in [0, 0.1) is 18.6 Å². The lowest BCUT2D eigenvalue weighted by Crippen LogP contribution is -2.34. The van der Waals surface area contributed by atoms with Crippen molar-refractivity contribution in [2.45, 2.75) is 19.9 Å². The van der Waals surface area contributed by atoms with Crippen LogP contribution in [0.4, 0.5) is 20.2 Å². The number of anilines is 2. The van der Waals surface area contributed by atoms with Crippen molar-refractivity contribution in [3.63, 3.8) is 0 Å². The van der Waals surface area contributed by atoms with Gasteiger partial charge in [-0.3, -0.25) is 14.3 Å². The number of carbonyl (C=O) groups is 1. The number of para-hydroxylation sites is 1. The van der Waals surface area contributed by atoms with Crippen molar-refractivity contribution in [2.75, 3.05) is 10.6 Å². The first-order chi connectivity index (χ1) is 13.3. The van der Waals surface area contributed by atoms with Crippen molar-refractivity contribution in [2.24, 2.45) is 7.05 Å². The fraction of sp³-hybridized carbons (Fsp3) is 0.200. The van der Waals surface area contributed by atoms with E-state index < -0.39 is 23.6 Å². The molecule has 1 unspecified atom stereocenters. The molecule has 6 nitrogen and oxygen atoms in total. The Kier molecular flexibility index (Phi) is 5.30. The van der Waals surface area contributed by atoms with Crippen LogP contribution in [-0.4, -0.2) is 21.3 Å². The number of rotatable bonds is 5. The average molecular weight is 386 g/mol. The van der Waals surface area contributed by atoms with Gasteiger partial charge < -0.3 is 10.6 Å². The van der Waals surface area contributed by atoms with Gasteiger partial charge in [-0.2, -0.15) is 0 Å². The molecular weight excluding hydrogens is 366 g/mol. The van der Waals surface area contributed by atoms with Crippen LogP contribution < -0.4 is 16.2 Å². The Balaban J connectivity index is 1.83. The zero-order valence-electron chi connectivity index (χ0n) is 15.7. The maximum absolute atomic E-state index is 13.7. The summed E-state index contributed by atoms with van der Waals surface area (Å²) < 4.78 is 29.9. The highest BCUT2D eigenvalue weighted by atomic mass is 19.1. The molecule has 1 heterocycles. The Morgan fingerprint density at radius 3 is 2.43 bits per heavy atom. The summed E-state index contributed by atoms with van der Waals surface area (Å²) in [6, 6.07) is 11.2. The summed E-state index contributed by atoms with van der Waals surface area (Å²) in [5.41, 5.74) is 1.16. The highest BCUT2D eigenvalue weighted by Gasteiger charge is 2.21. The Hall–Kier alpha value is -3.42. The minimum atomic E-state index is -0.872. The van der Waals surface area contributed by atoms with Crippen molar-refractivity contribution < 1.29 is 13.6 Å². The molecule has 0 bridgehead atoms. The van der Waals surface area contributed by atoms with E-state index in [1.54, 1.807) is 37.7 Å². The first kappa shape index (κ1) is 19.3. The Morgan fingerprint density at radius 1 is 1.11 bits per heavy atom. The second-order valence-corrected chi connectivity index (χ2v) is 6.42. The molecule has 0 fully saturated rings. The fourth-order valence-electron chi connectivity index (χ4n) is 2.85. The van der Waals surface area contributed by atoms with Gasteiger partial charge in [-0.25, -0.2) is 13.5 Å². The third-order valence-corrected chi connectivity index (χ3v) is 4.50. The molecule has 0 saturated heterocycles. The topological polar surface area (TPSA) is 68.1 Å². The number of hydrogen-bond donors (Lipinski definition) is 2. The van der Waals surface area contributed by atoms with Gasteiger partial charge in [0.25, 0.3) is 5.56 Å². The van der Waals surface area contributed by atoms with Gasteiger partial charge in [0.15, 0.2) is 0 Å². The molecule has 0 saturated carbocycles. The molecule has 2 N–H and O–H groups in total. The fourth-order valence-corrected chi connectivity index (χ4v) is 2.85. The van der Waals surface area contributed by atoms with Crippen LogP contribution in [0.15, 0.2) is 53.3 Å². The van der Waals surface area contributed by atoms with E-state index in [0.717, 1.165) is 12.1 Å². The molecule has 3 aromatic rings. The standard InChI is InChI=1S/C20H20F2N4O2/c1-12(19(27)24-17-10-9-14(21)11-16(17)22)23-18-13(2)25(3)26(20(18)28)15-7-5-4-6-8-15/h4-12,23H,1-3H3,(H,24,27). The van der Waals surface area contributed by atoms with E-state index in [9.17, 15) is 18.4 Å². The Bertz CT molecular complexity index is 1070. The molecule has 3 rings (SSSR count). The number of carbonyl (C=O) groups excluding carboxylic acids is 1. The van der Waals surface area contributed by atoms with Gasteiger partial charge in [-0.15, -0.1) is 0 Å². The number of aromatic nitrogens is 2. The molecule has 0 aliphatic carbocycles. The van der Waals surface area contributed by atoms with Crippen LogP contribution in [-0.2, 0) is 11.8 Å². The molecule has 2 aromatic carbocycles. The van der Waals surface area contributed by atoms with E-state index in [-0.39, 0.29) is 16.9 Å². The number of hydrogen-bond acceptors (Lipinski definition) is 3. The molecule has 146 valence electrons. The van der Waals surface area contributed by atoms with E-state index in [1.165, 1.54) is 4.68 Å². The summed E-state index contributed by atoms with van der Waals surface area (Å²) in [4.78, 5) is 25.3. The van der Waals surface area contributed by atoms with Crippen molar-refractivity contribution in [1.29, 1.82) is 0 Å². The van der Waals surface area contributed by atoms with Gasteiger partial charge in [-0.1, -0.05) is 18.2 Å². The zero-order chi connectivity index (χ0) is 20.4. The predicted octanol–water partition coefficient (Wildman–Crippen LogP) is 3.20. The van der Waals surface area contributed by atoms with Crippen LogP contribution in [0.3, 0.4) is 0 Å². The number of nitrogens with one attached hydrogen (secondary N) is 2. The van der Waals surface area contributed by atoms with Crippen LogP contribution >= 0.6 is 0 Å². The Morgan fingerprint density at radius 2 is 1.79 bits per heavy atom. The second-order valence-electron chi connectivity index (χ2n) is 6.42. The largest absolute Gasteiger partial charge is 0.368 e. The maximum Gasteiger partial charge on any atom is 0.295 e. The van der Waals surface area contributed by atoms with E-state index >= 15 is 0 Å². The van der Waals surface area contributed by atoms with Gasteiger partial charge in [0, 0.05) is 13.1 Å². The molecule has 28 heavy (non-hydrogen) atoms. The first-order valence-electron chi connectivity index (χ1n) is 8.66. The number of benzene rings is 2. The van der Waals surface area contributed by atoms with Gasteiger partial charge in [-0.05, 0) is 38.1 Å². The van der Waals surface area contributed by atoms with Crippen LogP contribution in [0.2, 0.25) is 0 Å². The summed E-state index contributed by atoms with van der Waals surface area (Å²) >= 11 is 0. The molecule has 1 aromatic heterocycles. The maximum atomic E-state index is 13.7. The van der Waals surface area contributed by atoms with Crippen molar-refractivity contribution >= 4 is 17.3 Å². The molecule has 1 atom stereocenters. The average Bonchev–Trinajstić information content (AvgIpc) is 2.88. The molecule has 0 spiro atoms. The monoisotopic (exact) mass is 386 g/mol. The number of halogens is 2. The van der Waals surface area contributed by atoms with Gasteiger partial charge >= 0.3 is 0 Å². The highest BCUT2D eigenvalue weighted by Crippen LogP contribution is 2.17.